The third kappa shape index (κ3) is 7.67. The quantitative estimate of drug-likeness (QED) is 0.343. The summed E-state index contributed by atoms with van der Waals surface area (Å²) < 4.78 is 48.3. The van der Waals surface area contributed by atoms with Crippen molar-refractivity contribution in [1.29, 1.82) is 0 Å². The maximum Gasteiger partial charge on any atom is 0.398 e. The van der Waals surface area contributed by atoms with E-state index in [-0.39, 0.29) is 41.4 Å². The predicted octanol–water partition coefficient (Wildman–Crippen LogP) is 7.15. The van der Waals surface area contributed by atoms with Crippen molar-refractivity contribution in [1.82, 2.24) is 14.7 Å². The molecule has 1 spiro atoms. The molecule has 2 aliphatic heterocycles. The second-order valence-electron chi connectivity index (χ2n) is 12.9. The van der Waals surface area contributed by atoms with Crippen LogP contribution in [0.3, 0.4) is 0 Å². The molecule has 258 valence electrons. The van der Waals surface area contributed by atoms with Crippen LogP contribution in [0.1, 0.15) is 98.1 Å². The van der Waals surface area contributed by atoms with Crippen molar-refractivity contribution in [2.24, 2.45) is 11.3 Å². The summed E-state index contributed by atoms with van der Waals surface area (Å²) in [5.74, 6) is -0.902. The van der Waals surface area contributed by atoms with Gasteiger partial charge in [-0.2, -0.15) is 23.0 Å². The van der Waals surface area contributed by atoms with Crippen LogP contribution in [0.4, 0.5) is 13.2 Å². The van der Waals surface area contributed by atoms with Crippen molar-refractivity contribution in [3.05, 3.63) is 57.4 Å². The van der Waals surface area contributed by atoms with Crippen molar-refractivity contribution in [2.75, 3.05) is 33.4 Å². The SMILES string of the molecule is CC.CN1CCC2(COC2)C1.O=CC1CCc2c(C3=CCCCC3)nn(C(=O)c3c(Cl)cccc3C3(C(F)(F)F)CC3)c2C1.O=CO. The van der Waals surface area contributed by atoms with Gasteiger partial charge in [-0.15, -0.1) is 0 Å². The average Bonchev–Trinajstić information content (AvgIpc) is 3.65. The number of aromatic nitrogens is 2. The second kappa shape index (κ2) is 15.5. The van der Waals surface area contributed by atoms with Gasteiger partial charge in [-0.3, -0.25) is 9.59 Å². The zero-order valence-electron chi connectivity index (χ0n) is 27.4. The zero-order valence-corrected chi connectivity index (χ0v) is 28.1. The molecule has 3 heterocycles. The summed E-state index contributed by atoms with van der Waals surface area (Å²) in [5.41, 5.74) is 1.68. The predicted molar refractivity (Wildman–Crippen MR) is 174 cm³/mol. The maximum absolute atomic E-state index is 14.0. The van der Waals surface area contributed by atoms with Crippen LogP contribution in [0.15, 0.2) is 24.3 Å². The third-order valence-electron chi connectivity index (χ3n) is 9.77. The van der Waals surface area contributed by atoms with E-state index in [9.17, 15) is 22.8 Å². The molecule has 2 saturated heterocycles. The summed E-state index contributed by atoms with van der Waals surface area (Å²) in [7, 11) is 2.19. The highest BCUT2D eigenvalue weighted by molar-refractivity contribution is 6.34. The topological polar surface area (TPSA) is 102 Å². The number of nitrogens with zero attached hydrogens (tertiary/aromatic N) is 3. The van der Waals surface area contributed by atoms with E-state index in [0.717, 1.165) is 62.0 Å². The Kier molecular flexibility index (Phi) is 12.1. The number of benzene rings is 1. The van der Waals surface area contributed by atoms with Gasteiger partial charge in [0.2, 0.25) is 0 Å². The van der Waals surface area contributed by atoms with Gasteiger partial charge in [-0.25, -0.2) is 0 Å². The first-order valence-corrected chi connectivity index (χ1v) is 16.9. The van der Waals surface area contributed by atoms with Crippen molar-refractivity contribution in [3.63, 3.8) is 0 Å². The van der Waals surface area contributed by atoms with Gasteiger partial charge in [0.05, 0.1) is 40.6 Å². The van der Waals surface area contributed by atoms with E-state index in [4.69, 9.17) is 26.2 Å². The highest BCUT2D eigenvalue weighted by Crippen LogP contribution is 2.60. The molecule has 0 amide bonds. The average molecular weight is 680 g/mol. The summed E-state index contributed by atoms with van der Waals surface area (Å²) >= 11 is 6.36. The molecule has 1 saturated carbocycles. The third-order valence-corrected chi connectivity index (χ3v) is 10.1. The number of hydrogen-bond acceptors (Lipinski definition) is 6. The van der Waals surface area contributed by atoms with Crippen molar-refractivity contribution in [2.45, 2.75) is 89.6 Å². The van der Waals surface area contributed by atoms with E-state index in [1.165, 1.54) is 42.4 Å². The Balaban J connectivity index is 0.000000297. The van der Waals surface area contributed by atoms with Crippen LogP contribution in [-0.4, -0.2) is 78.0 Å². The van der Waals surface area contributed by atoms with Crippen LogP contribution in [0.2, 0.25) is 5.02 Å². The lowest BCUT2D eigenvalue weighted by molar-refractivity contribution is -0.160. The standard InChI is InChI=1S/C25H24ClF3N2O2.C7H13NO.C2H6.CH2O2/c26-19-8-4-7-18(24(11-12-24)25(27,28)29)21(19)23(33)31-20-13-15(14-32)9-10-17(20)22(30-31)16-5-2-1-3-6-16;1-8-3-2-7(4-8)5-9-6-7;1-2;2-1-3/h4-5,7-8,14-15H,1-3,6,9-13H2;2-6H2,1H3;1-2H3;1H,(H,2,3). The van der Waals surface area contributed by atoms with Gasteiger partial charge in [0.25, 0.3) is 12.4 Å². The Bertz CT molecular complexity index is 1460. The Morgan fingerprint density at radius 1 is 1.13 bits per heavy atom. The summed E-state index contributed by atoms with van der Waals surface area (Å²) in [6, 6.07) is 4.26. The number of halogens is 4. The van der Waals surface area contributed by atoms with Crippen LogP contribution >= 0.6 is 11.6 Å². The molecule has 0 bridgehead atoms. The highest BCUT2D eigenvalue weighted by Gasteiger charge is 2.65. The first-order chi connectivity index (χ1) is 22.5. The first kappa shape index (κ1) is 36.8. The number of carbonyl (C=O) groups excluding carboxylic acids is 2. The number of ether oxygens (including phenoxy) is 1. The highest BCUT2D eigenvalue weighted by atomic mass is 35.5. The van der Waals surface area contributed by atoms with Crippen LogP contribution in [0.5, 0.6) is 0 Å². The number of allylic oxidation sites excluding steroid dienone is 2. The number of alkyl halides is 3. The van der Waals surface area contributed by atoms with Crippen LogP contribution in [-0.2, 0) is 32.6 Å². The lowest BCUT2D eigenvalue weighted by atomic mass is 9.85. The van der Waals surface area contributed by atoms with Gasteiger partial charge >= 0.3 is 6.18 Å². The van der Waals surface area contributed by atoms with Gasteiger partial charge in [0, 0.05) is 23.4 Å². The van der Waals surface area contributed by atoms with Crippen LogP contribution < -0.4 is 0 Å². The monoisotopic (exact) mass is 679 g/mol. The van der Waals surface area contributed by atoms with Crippen molar-refractivity contribution >= 4 is 35.8 Å². The number of rotatable bonds is 4. The molecule has 3 aliphatic carbocycles. The molecule has 1 N–H and O–H groups in total. The number of likely N-dealkylation sites (tertiary alicyclic amines) is 1. The molecule has 1 aromatic heterocycles. The molecule has 2 aromatic rings. The van der Waals surface area contributed by atoms with Crippen molar-refractivity contribution in [3.8, 4) is 0 Å². The fourth-order valence-electron chi connectivity index (χ4n) is 7.09. The largest absolute Gasteiger partial charge is 0.483 e. The van der Waals surface area contributed by atoms with Crippen molar-refractivity contribution < 1.29 is 37.4 Å². The Hall–Kier alpha value is -3.02. The molecular formula is C35H45ClF3N3O5. The normalized spacial score (nSPS) is 22.0. The van der Waals surface area contributed by atoms with Gasteiger partial charge in [0.15, 0.2) is 0 Å². The minimum absolute atomic E-state index is 0.0153. The Morgan fingerprint density at radius 3 is 2.32 bits per heavy atom. The number of carboxylic acid groups (broad SMARTS) is 1. The molecule has 1 aromatic carbocycles. The number of hydrogen-bond donors (Lipinski definition) is 1. The second-order valence-corrected chi connectivity index (χ2v) is 13.3. The zero-order chi connectivity index (χ0) is 34.4. The molecule has 1 atom stereocenters. The lowest BCUT2D eigenvalue weighted by Crippen LogP contribution is -2.44. The fraction of sp³-hybridized carbons (Fsp3) is 0.600. The van der Waals surface area contributed by atoms with Gasteiger partial charge in [-0.1, -0.05) is 43.7 Å². The summed E-state index contributed by atoms with van der Waals surface area (Å²) in [6.07, 6.45) is 5.29. The molecule has 7 rings (SSSR count). The minimum atomic E-state index is -4.48. The van der Waals surface area contributed by atoms with Crippen LogP contribution in [0.25, 0.3) is 5.57 Å². The Labute approximate surface area is 279 Å². The summed E-state index contributed by atoms with van der Waals surface area (Å²) in [5, 5.41) is 11.5. The fourth-order valence-corrected chi connectivity index (χ4v) is 7.35. The van der Waals surface area contributed by atoms with Gasteiger partial charge < -0.3 is 19.5 Å². The molecule has 0 radical (unpaired) electrons. The molecule has 5 aliphatic rings. The van der Waals surface area contributed by atoms with E-state index in [2.05, 4.69) is 23.1 Å². The van der Waals surface area contributed by atoms with Gasteiger partial charge in [0.1, 0.15) is 6.29 Å². The smallest absolute Gasteiger partial charge is 0.398 e. The maximum atomic E-state index is 14.0. The summed E-state index contributed by atoms with van der Waals surface area (Å²) in [6.45, 7) is 8.30. The molecule has 8 nitrogen and oxygen atoms in total. The molecule has 3 fully saturated rings. The van der Waals surface area contributed by atoms with Gasteiger partial charge in [-0.05, 0) is 95.0 Å². The van der Waals surface area contributed by atoms with E-state index in [1.54, 1.807) is 0 Å². The number of carbonyl (C=O) groups is 3. The molecule has 12 heteroatoms. The van der Waals surface area contributed by atoms with E-state index in [1.807, 2.05) is 13.8 Å². The van der Waals surface area contributed by atoms with E-state index < -0.39 is 17.5 Å². The lowest BCUT2D eigenvalue weighted by Gasteiger charge is -2.37. The van der Waals surface area contributed by atoms with E-state index in [0.29, 0.717) is 30.4 Å². The number of aldehydes is 1. The first-order valence-electron chi connectivity index (χ1n) is 16.5. The Morgan fingerprint density at radius 2 is 1.83 bits per heavy atom. The van der Waals surface area contributed by atoms with E-state index >= 15 is 0 Å². The number of fused-ring (bicyclic) bond motifs is 1. The molecule has 1 unspecified atom stereocenters. The molecule has 47 heavy (non-hydrogen) atoms. The minimum Gasteiger partial charge on any atom is -0.483 e. The molecular weight excluding hydrogens is 635 g/mol. The van der Waals surface area contributed by atoms with Crippen LogP contribution in [0, 0.1) is 11.3 Å². The summed E-state index contributed by atoms with van der Waals surface area (Å²) in [4.78, 5) is 36.1.